The van der Waals surface area contributed by atoms with E-state index in [4.69, 9.17) is 0 Å². The van der Waals surface area contributed by atoms with Gasteiger partial charge in [-0.25, -0.2) is 0 Å². The molecule has 0 aliphatic carbocycles. The summed E-state index contributed by atoms with van der Waals surface area (Å²) in [6, 6.07) is 85.8. The molecular formula is C67H68N2O2S. The van der Waals surface area contributed by atoms with Crippen molar-refractivity contribution in [3.63, 3.8) is 0 Å². The minimum atomic E-state index is -0.00124. The number of hydrogen-bond acceptors (Lipinski definition) is 3. The van der Waals surface area contributed by atoms with Gasteiger partial charge in [0, 0.05) is 24.9 Å². The molecule has 9 aromatic carbocycles. The van der Waals surface area contributed by atoms with Crippen LogP contribution in [0.1, 0.15) is 57.9 Å². The van der Waals surface area contributed by atoms with Crippen molar-refractivity contribution in [1.29, 1.82) is 0 Å². The Bertz CT molecular complexity index is 2790. The second-order valence-corrected chi connectivity index (χ2v) is 18.9. The molecule has 364 valence electrons. The Balaban J connectivity index is 0.000000164. The molecule has 72 heavy (non-hydrogen) atoms. The predicted molar refractivity (Wildman–Crippen MR) is 308 cm³/mol. The molecule has 4 nitrogen and oxygen atoms in total. The number of hydrogen-bond donors (Lipinski definition) is 2. The summed E-state index contributed by atoms with van der Waals surface area (Å²) in [5.74, 6) is 2.18. The van der Waals surface area contributed by atoms with Crippen molar-refractivity contribution in [1.82, 2.24) is 5.32 Å². The number of thioether (sulfide) groups is 1. The molecule has 2 N–H and O–H groups in total. The molecule has 5 heteroatoms. The van der Waals surface area contributed by atoms with Crippen molar-refractivity contribution in [2.75, 3.05) is 23.4 Å². The lowest BCUT2D eigenvalue weighted by Gasteiger charge is -2.06. The molecule has 0 aromatic heterocycles. The average molecular weight is 965 g/mol. The number of carbonyl (C=O) groups excluding carboxylic acids is 2. The lowest BCUT2D eigenvalue weighted by atomic mass is 10.0. The fourth-order valence-electron chi connectivity index (χ4n) is 7.71. The topological polar surface area (TPSA) is 58.2 Å². The van der Waals surface area contributed by atoms with Gasteiger partial charge in [0.25, 0.3) is 0 Å². The summed E-state index contributed by atoms with van der Waals surface area (Å²) in [6.45, 7) is 6.52. The first-order chi connectivity index (χ1) is 35.3. The molecule has 0 saturated heterocycles. The van der Waals surface area contributed by atoms with Gasteiger partial charge in [0.2, 0.25) is 11.8 Å². The molecule has 0 fully saturated rings. The van der Waals surface area contributed by atoms with Crippen molar-refractivity contribution in [2.24, 2.45) is 0 Å². The molecular weight excluding hydrogens is 897 g/mol. The van der Waals surface area contributed by atoms with Gasteiger partial charge in [-0.1, -0.05) is 248 Å². The molecule has 0 heterocycles. The maximum Gasteiger partial charge on any atom is 0.228 e. The third-order valence-electron chi connectivity index (χ3n) is 11.7. The molecule has 0 spiro atoms. The summed E-state index contributed by atoms with van der Waals surface area (Å²) >= 11 is 1.90. The summed E-state index contributed by atoms with van der Waals surface area (Å²) in [5.41, 5.74) is 16.2. The Morgan fingerprint density at radius 1 is 0.389 bits per heavy atom. The van der Waals surface area contributed by atoms with Gasteiger partial charge < -0.3 is 10.6 Å². The van der Waals surface area contributed by atoms with E-state index in [-0.39, 0.29) is 11.8 Å². The third-order valence-corrected chi connectivity index (χ3v) is 12.7. The fraction of sp³-hybridized carbons (Fsp3) is 0.164. The first-order valence-corrected chi connectivity index (χ1v) is 26.1. The van der Waals surface area contributed by atoms with E-state index >= 15 is 0 Å². The van der Waals surface area contributed by atoms with Gasteiger partial charge in [0.05, 0.1) is 6.42 Å². The minimum Gasteiger partial charge on any atom is -0.356 e. The van der Waals surface area contributed by atoms with Crippen molar-refractivity contribution < 1.29 is 9.59 Å². The zero-order valence-electron chi connectivity index (χ0n) is 42.1. The maximum absolute atomic E-state index is 12.0. The molecule has 0 bridgehead atoms. The van der Waals surface area contributed by atoms with E-state index in [9.17, 15) is 9.59 Å². The predicted octanol–water partition coefficient (Wildman–Crippen LogP) is 15.9. The number of nitrogens with one attached hydrogen (secondary N) is 2. The standard InChI is InChI=1S/C20H17NO.C20H18.C19H23NOS.C8H10/c22-20(21-19-9-5-2-6-10-19)15-16-11-13-18(14-12-16)17-7-3-1-4-8-17;1-3-7-17(8-4-1)15-19-11-13-20(14-12-19)16-18-9-5-2-6-10-18;1-16(21)20-13-15-22-14-5-6-17-9-11-19(12-10-17)18-7-3-2-4-8-18;1-7-3-5-8(2)6-4-7/h1-14H,15H2,(H,21,22);1-14H,15-16H2;2-4,7-12H,5-6,13-15H2,1H3,(H,20,21);3-6H,1-2H3. The van der Waals surface area contributed by atoms with Crippen LogP contribution in [0.4, 0.5) is 5.69 Å². The van der Waals surface area contributed by atoms with Crippen LogP contribution in [-0.2, 0) is 35.3 Å². The summed E-state index contributed by atoms with van der Waals surface area (Å²) in [4.78, 5) is 22.8. The van der Waals surface area contributed by atoms with E-state index in [1.54, 1.807) is 6.92 Å². The second-order valence-electron chi connectivity index (χ2n) is 17.7. The van der Waals surface area contributed by atoms with Gasteiger partial charge in [-0.2, -0.15) is 11.8 Å². The summed E-state index contributed by atoms with van der Waals surface area (Å²) < 4.78 is 0. The molecule has 0 aliphatic heterocycles. The normalized spacial score (nSPS) is 10.2. The van der Waals surface area contributed by atoms with E-state index in [1.807, 2.05) is 78.5 Å². The third kappa shape index (κ3) is 20.7. The van der Waals surface area contributed by atoms with Crippen LogP contribution >= 0.6 is 11.8 Å². The maximum atomic E-state index is 12.0. The first-order valence-electron chi connectivity index (χ1n) is 24.9. The molecule has 0 aliphatic rings. The number of rotatable bonds is 16. The molecule has 9 aromatic rings. The smallest absolute Gasteiger partial charge is 0.228 e. The Morgan fingerprint density at radius 3 is 1.18 bits per heavy atom. The minimum absolute atomic E-state index is 0.00124. The van der Waals surface area contributed by atoms with Crippen molar-refractivity contribution >= 4 is 29.3 Å². The summed E-state index contributed by atoms with van der Waals surface area (Å²) in [5, 5.41) is 5.71. The van der Waals surface area contributed by atoms with E-state index in [1.165, 1.54) is 62.1 Å². The zero-order valence-corrected chi connectivity index (χ0v) is 42.9. The number of anilines is 1. The number of benzene rings is 9. The molecule has 0 saturated carbocycles. The zero-order chi connectivity index (χ0) is 50.4. The Morgan fingerprint density at radius 2 is 0.750 bits per heavy atom. The van der Waals surface area contributed by atoms with Crippen LogP contribution in [0.25, 0.3) is 22.3 Å². The van der Waals surface area contributed by atoms with E-state index in [0.29, 0.717) is 6.42 Å². The Hall–Kier alpha value is -7.73. The van der Waals surface area contributed by atoms with Gasteiger partial charge in [-0.15, -0.1) is 0 Å². The van der Waals surface area contributed by atoms with Gasteiger partial charge in [-0.05, 0) is 113 Å². The van der Waals surface area contributed by atoms with Gasteiger partial charge >= 0.3 is 0 Å². The van der Waals surface area contributed by atoms with Crippen LogP contribution in [-0.4, -0.2) is 29.9 Å². The molecule has 2 amide bonds. The Kier molecular flexibility index (Phi) is 22.9. The number of para-hydroxylation sites is 1. The van der Waals surface area contributed by atoms with Crippen LogP contribution < -0.4 is 10.6 Å². The Labute approximate surface area is 433 Å². The van der Waals surface area contributed by atoms with E-state index < -0.39 is 0 Å². The number of amides is 2. The first kappa shape index (κ1) is 53.6. The van der Waals surface area contributed by atoms with Crippen molar-refractivity contribution in [3.05, 3.63) is 293 Å². The molecule has 0 atom stereocenters. The van der Waals surface area contributed by atoms with Gasteiger partial charge in [-0.3, -0.25) is 9.59 Å². The lowest BCUT2D eigenvalue weighted by molar-refractivity contribution is -0.119. The highest BCUT2D eigenvalue weighted by Crippen LogP contribution is 2.22. The molecule has 9 rings (SSSR count). The van der Waals surface area contributed by atoms with Crippen LogP contribution in [0.3, 0.4) is 0 Å². The average Bonchev–Trinajstić information content (AvgIpc) is 3.42. The number of aryl methyl sites for hydroxylation is 3. The summed E-state index contributed by atoms with van der Waals surface area (Å²) in [7, 11) is 0. The highest BCUT2D eigenvalue weighted by atomic mass is 32.2. The summed E-state index contributed by atoms with van der Waals surface area (Å²) in [6.07, 6.45) is 4.68. The van der Waals surface area contributed by atoms with E-state index in [2.05, 4.69) is 206 Å². The quantitative estimate of drug-likeness (QED) is 0.0949. The van der Waals surface area contributed by atoms with Crippen molar-refractivity contribution in [3.8, 4) is 22.3 Å². The van der Waals surface area contributed by atoms with Crippen LogP contribution in [0.5, 0.6) is 0 Å². The van der Waals surface area contributed by atoms with Crippen LogP contribution in [0.2, 0.25) is 0 Å². The van der Waals surface area contributed by atoms with Gasteiger partial charge in [0.15, 0.2) is 0 Å². The molecule has 0 radical (unpaired) electrons. The van der Waals surface area contributed by atoms with E-state index in [0.717, 1.165) is 54.1 Å². The largest absolute Gasteiger partial charge is 0.356 e. The van der Waals surface area contributed by atoms with Crippen molar-refractivity contribution in [2.45, 2.75) is 52.9 Å². The fourth-order valence-corrected chi connectivity index (χ4v) is 8.51. The SMILES string of the molecule is CC(=O)NCCSCCCc1ccc(-c2ccccc2)cc1.Cc1ccc(C)cc1.O=C(Cc1ccc(-c2ccccc2)cc1)Nc1ccccc1.c1ccc(Cc2ccc(Cc3ccccc3)cc2)cc1. The lowest BCUT2D eigenvalue weighted by Crippen LogP contribution is -2.22. The monoisotopic (exact) mass is 965 g/mol. The highest BCUT2D eigenvalue weighted by Gasteiger charge is 2.05. The second kappa shape index (κ2) is 30.8. The van der Waals surface area contributed by atoms with Crippen LogP contribution in [0, 0.1) is 13.8 Å². The van der Waals surface area contributed by atoms with Crippen LogP contribution in [0.15, 0.2) is 249 Å². The highest BCUT2D eigenvalue weighted by molar-refractivity contribution is 7.99. The molecule has 0 unspecified atom stereocenters. The number of carbonyl (C=O) groups is 2. The van der Waals surface area contributed by atoms with Gasteiger partial charge in [0.1, 0.15) is 0 Å².